The smallest absolute Gasteiger partial charge is 0.238 e. The van der Waals surface area contributed by atoms with E-state index in [-0.39, 0.29) is 5.91 Å². The van der Waals surface area contributed by atoms with Gasteiger partial charge in [0.05, 0.1) is 12.2 Å². The number of para-hydroxylation sites is 1. The summed E-state index contributed by atoms with van der Waals surface area (Å²) in [5.74, 6) is 0.919. The Kier molecular flexibility index (Phi) is 5.53. The Hall–Kier alpha value is -3.32. The molecule has 0 saturated carbocycles. The number of amides is 1. The van der Waals surface area contributed by atoms with E-state index in [1.807, 2.05) is 48.5 Å². The number of anilines is 2. The maximum Gasteiger partial charge on any atom is 0.238 e. The van der Waals surface area contributed by atoms with E-state index in [0.717, 1.165) is 48.9 Å². The van der Waals surface area contributed by atoms with E-state index in [0.29, 0.717) is 6.54 Å². The molecule has 3 heterocycles. The summed E-state index contributed by atoms with van der Waals surface area (Å²) in [7, 11) is 0. The van der Waals surface area contributed by atoms with Crippen LogP contribution in [0.1, 0.15) is 0 Å². The fourth-order valence-electron chi connectivity index (χ4n) is 3.25. The van der Waals surface area contributed by atoms with Gasteiger partial charge in [0.2, 0.25) is 5.91 Å². The molecule has 1 aliphatic heterocycles. The lowest BCUT2D eigenvalue weighted by Crippen LogP contribution is -2.49. The monoisotopic (exact) mass is 374 g/mol. The lowest BCUT2D eigenvalue weighted by Gasteiger charge is -2.35. The molecule has 0 aliphatic carbocycles. The van der Waals surface area contributed by atoms with Crippen molar-refractivity contribution in [2.75, 3.05) is 42.9 Å². The number of pyridine rings is 1. The molecule has 2 aromatic heterocycles. The summed E-state index contributed by atoms with van der Waals surface area (Å²) in [4.78, 5) is 29.6. The van der Waals surface area contributed by atoms with Crippen LogP contribution in [0.25, 0.3) is 11.3 Å². The van der Waals surface area contributed by atoms with Gasteiger partial charge < -0.3 is 10.2 Å². The van der Waals surface area contributed by atoms with Crippen LogP contribution in [0.4, 0.5) is 11.5 Å². The number of piperazine rings is 1. The minimum atomic E-state index is 0.0144. The maximum absolute atomic E-state index is 12.2. The molecule has 4 rings (SSSR count). The van der Waals surface area contributed by atoms with E-state index in [4.69, 9.17) is 0 Å². The first-order valence-electron chi connectivity index (χ1n) is 9.32. The molecule has 142 valence electrons. The van der Waals surface area contributed by atoms with Gasteiger partial charge in [-0.2, -0.15) is 0 Å². The van der Waals surface area contributed by atoms with Gasteiger partial charge >= 0.3 is 0 Å². The SMILES string of the molecule is O=C(CN1CCN(c2cc(-c3cccnc3)ncn2)CC1)Nc1ccccc1. The molecule has 1 N–H and O–H groups in total. The zero-order valence-corrected chi connectivity index (χ0v) is 15.5. The zero-order valence-electron chi connectivity index (χ0n) is 15.5. The largest absolute Gasteiger partial charge is 0.354 e. The van der Waals surface area contributed by atoms with Crippen molar-refractivity contribution in [3.8, 4) is 11.3 Å². The topological polar surface area (TPSA) is 74.2 Å². The quantitative estimate of drug-likeness (QED) is 0.739. The van der Waals surface area contributed by atoms with Gasteiger partial charge in [0.25, 0.3) is 0 Å². The van der Waals surface area contributed by atoms with Crippen molar-refractivity contribution >= 4 is 17.4 Å². The first-order valence-corrected chi connectivity index (χ1v) is 9.32. The number of nitrogens with zero attached hydrogens (tertiary/aromatic N) is 5. The van der Waals surface area contributed by atoms with Gasteiger partial charge in [-0.1, -0.05) is 18.2 Å². The zero-order chi connectivity index (χ0) is 19.2. The predicted octanol–water partition coefficient (Wildman–Crippen LogP) is 2.30. The van der Waals surface area contributed by atoms with Crippen LogP contribution in [-0.4, -0.2) is 58.5 Å². The fraction of sp³-hybridized carbons (Fsp3) is 0.238. The molecule has 1 amide bonds. The number of hydrogen-bond donors (Lipinski definition) is 1. The van der Waals surface area contributed by atoms with Crippen LogP contribution in [0.5, 0.6) is 0 Å². The lowest BCUT2D eigenvalue weighted by molar-refractivity contribution is -0.117. The van der Waals surface area contributed by atoms with Crippen LogP contribution in [0.2, 0.25) is 0 Å². The van der Waals surface area contributed by atoms with Gasteiger partial charge in [0, 0.05) is 55.9 Å². The Balaban J connectivity index is 1.32. The number of rotatable bonds is 5. The lowest BCUT2D eigenvalue weighted by atomic mass is 10.2. The van der Waals surface area contributed by atoms with Crippen molar-refractivity contribution in [3.05, 3.63) is 67.3 Å². The molecule has 28 heavy (non-hydrogen) atoms. The summed E-state index contributed by atoms with van der Waals surface area (Å²) in [6.45, 7) is 3.67. The summed E-state index contributed by atoms with van der Waals surface area (Å²) in [6.07, 6.45) is 5.14. The molecule has 0 spiro atoms. The van der Waals surface area contributed by atoms with Crippen molar-refractivity contribution < 1.29 is 4.79 Å². The van der Waals surface area contributed by atoms with Gasteiger partial charge in [-0.3, -0.25) is 14.7 Å². The Morgan fingerprint density at radius 2 is 1.82 bits per heavy atom. The highest BCUT2D eigenvalue weighted by Crippen LogP contribution is 2.20. The van der Waals surface area contributed by atoms with Crippen molar-refractivity contribution in [3.63, 3.8) is 0 Å². The number of carbonyl (C=O) groups is 1. The molecule has 0 bridgehead atoms. The Labute approximate surface area is 164 Å². The van der Waals surface area contributed by atoms with Crippen molar-refractivity contribution in [2.45, 2.75) is 0 Å². The summed E-state index contributed by atoms with van der Waals surface area (Å²) in [6, 6.07) is 15.4. The number of hydrogen-bond acceptors (Lipinski definition) is 6. The number of benzene rings is 1. The third kappa shape index (κ3) is 4.50. The van der Waals surface area contributed by atoms with Crippen molar-refractivity contribution in [2.24, 2.45) is 0 Å². The standard InChI is InChI=1S/C21H22N6O/c28-21(25-18-6-2-1-3-7-18)15-26-9-11-27(12-10-26)20-13-19(23-16-24-20)17-5-4-8-22-14-17/h1-8,13-14,16H,9-12,15H2,(H,25,28). The van der Waals surface area contributed by atoms with E-state index < -0.39 is 0 Å². The van der Waals surface area contributed by atoms with E-state index >= 15 is 0 Å². The molecular formula is C21H22N6O. The van der Waals surface area contributed by atoms with Gasteiger partial charge in [-0.15, -0.1) is 0 Å². The molecule has 1 aliphatic rings. The van der Waals surface area contributed by atoms with Crippen LogP contribution in [-0.2, 0) is 4.79 Å². The van der Waals surface area contributed by atoms with E-state index in [1.54, 1.807) is 18.7 Å². The molecule has 1 saturated heterocycles. The Morgan fingerprint density at radius 3 is 2.57 bits per heavy atom. The second-order valence-electron chi connectivity index (χ2n) is 6.68. The van der Waals surface area contributed by atoms with Crippen LogP contribution >= 0.6 is 0 Å². The Bertz CT molecular complexity index is 910. The average molecular weight is 374 g/mol. The highest BCUT2D eigenvalue weighted by atomic mass is 16.2. The number of carbonyl (C=O) groups excluding carboxylic acids is 1. The summed E-state index contributed by atoms with van der Waals surface area (Å²) < 4.78 is 0. The minimum absolute atomic E-state index is 0.0144. The molecule has 7 heteroatoms. The summed E-state index contributed by atoms with van der Waals surface area (Å²) in [5.41, 5.74) is 2.67. The molecule has 0 unspecified atom stereocenters. The van der Waals surface area contributed by atoms with Crippen molar-refractivity contribution in [1.82, 2.24) is 19.9 Å². The van der Waals surface area contributed by atoms with Gasteiger partial charge in [-0.25, -0.2) is 9.97 Å². The predicted molar refractivity (Wildman–Crippen MR) is 109 cm³/mol. The molecule has 0 radical (unpaired) electrons. The number of aromatic nitrogens is 3. The Morgan fingerprint density at radius 1 is 1.00 bits per heavy atom. The van der Waals surface area contributed by atoms with E-state index in [2.05, 4.69) is 30.1 Å². The van der Waals surface area contributed by atoms with Crippen LogP contribution in [0.3, 0.4) is 0 Å². The normalized spacial score (nSPS) is 14.6. The third-order valence-electron chi connectivity index (χ3n) is 4.73. The first-order chi connectivity index (χ1) is 13.8. The summed E-state index contributed by atoms with van der Waals surface area (Å²) >= 11 is 0. The molecule has 1 fully saturated rings. The van der Waals surface area contributed by atoms with Gasteiger partial charge in [-0.05, 0) is 24.3 Å². The van der Waals surface area contributed by atoms with Crippen LogP contribution in [0.15, 0.2) is 67.3 Å². The van der Waals surface area contributed by atoms with E-state index in [9.17, 15) is 4.79 Å². The van der Waals surface area contributed by atoms with Crippen LogP contribution < -0.4 is 10.2 Å². The highest BCUT2D eigenvalue weighted by molar-refractivity contribution is 5.92. The first kappa shape index (κ1) is 18.1. The molecule has 0 atom stereocenters. The molecule has 1 aromatic carbocycles. The van der Waals surface area contributed by atoms with E-state index in [1.165, 1.54) is 0 Å². The second-order valence-corrected chi connectivity index (χ2v) is 6.68. The second kappa shape index (κ2) is 8.58. The van der Waals surface area contributed by atoms with Gasteiger partial charge in [0.15, 0.2) is 0 Å². The fourth-order valence-corrected chi connectivity index (χ4v) is 3.25. The summed E-state index contributed by atoms with van der Waals surface area (Å²) in [5, 5.41) is 2.94. The van der Waals surface area contributed by atoms with Gasteiger partial charge in [0.1, 0.15) is 12.1 Å². The molecule has 7 nitrogen and oxygen atoms in total. The molecule has 3 aromatic rings. The third-order valence-corrected chi connectivity index (χ3v) is 4.73. The maximum atomic E-state index is 12.2. The van der Waals surface area contributed by atoms with Crippen LogP contribution in [0, 0.1) is 0 Å². The minimum Gasteiger partial charge on any atom is -0.354 e. The number of nitrogens with one attached hydrogen (secondary N) is 1. The molecular weight excluding hydrogens is 352 g/mol. The van der Waals surface area contributed by atoms with Crippen molar-refractivity contribution in [1.29, 1.82) is 0 Å². The highest BCUT2D eigenvalue weighted by Gasteiger charge is 2.20. The average Bonchev–Trinajstić information content (AvgIpc) is 2.76.